The Hall–Kier alpha value is -2.14. The van der Waals surface area contributed by atoms with Crippen molar-refractivity contribution in [2.75, 3.05) is 6.54 Å². The second-order valence-electron chi connectivity index (χ2n) is 4.89. The Morgan fingerprint density at radius 2 is 2.10 bits per heavy atom. The molecule has 5 heteroatoms. The number of aromatic nitrogens is 2. The maximum Gasteiger partial charge on any atom is 0.253 e. The number of hydrogen-bond acceptors (Lipinski definition) is 3. The summed E-state index contributed by atoms with van der Waals surface area (Å²) in [7, 11) is 0. The molecule has 5 nitrogen and oxygen atoms in total. The van der Waals surface area contributed by atoms with Crippen molar-refractivity contribution in [2.24, 2.45) is 5.92 Å². The van der Waals surface area contributed by atoms with Gasteiger partial charge in [0.1, 0.15) is 0 Å². The Kier molecular flexibility index (Phi) is 4.90. The number of nitrogens with zero attached hydrogens (tertiary/aromatic N) is 2. The van der Waals surface area contributed by atoms with Crippen molar-refractivity contribution in [3.63, 3.8) is 0 Å². The number of benzene rings is 1. The molecule has 106 valence electrons. The molecule has 1 amide bonds. The largest absolute Gasteiger partial charge is 0.378 e. The van der Waals surface area contributed by atoms with E-state index in [0.717, 1.165) is 6.54 Å². The molecule has 0 bridgehead atoms. The highest BCUT2D eigenvalue weighted by Crippen LogP contribution is 2.12. The number of rotatable bonds is 6. The molecule has 0 fully saturated rings. The quantitative estimate of drug-likeness (QED) is 0.835. The Bertz CT molecular complexity index is 525. The minimum Gasteiger partial charge on any atom is -0.378 e. The zero-order valence-corrected chi connectivity index (χ0v) is 11.4. The van der Waals surface area contributed by atoms with Crippen LogP contribution in [0.5, 0.6) is 0 Å². The SMILES string of the molecule is CC(CNC(=O)C(O)c1ccccc1)Cn1cccn1. The Balaban J connectivity index is 1.80. The highest BCUT2D eigenvalue weighted by Gasteiger charge is 2.17. The summed E-state index contributed by atoms with van der Waals surface area (Å²) in [6.07, 6.45) is 2.50. The number of aliphatic hydroxyl groups excluding tert-OH is 1. The average molecular weight is 273 g/mol. The molecule has 0 aliphatic heterocycles. The number of aliphatic hydroxyl groups is 1. The lowest BCUT2D eigenvalue weighted by molar-refractivity contribution is -0.129. The van der Waals surface area contributed by atoms with Gasteiger partial charge in [0, 0.05) is 25.5 Å². The van der Waals surface area contributed by atoms with Crippen molar-refractivity contribution < 1.29 is 9.90 Å². The predicted octanol–water partition coefficient (Wildman–Crippen LogP) is 1.37. The van der Waals surface area contributed by atoms with Crippen molar-refractivity contribution in [2.45, 2.75) is 19.6 Å². The van der Waals surface area contributed by atoms with E-state index in [1.54, 1.807) is 30.5 Å². The van der Waals surface area contributed by atoms with Crippen LogP contribution in [-0.2, 0) is 11.3 Å². The summed E-state index contributed by atoms with van der Waals surface area (Å²) in [5.41, 5.74) is 0.602. The number of amides is 1. The van der Waals surface area contributed by atoms with Crippen LogP contribution in [0, 0.1) is 5.92 Å². The van der Waals surface area contributed by atoms with Crippen LogP contribution < -0.4 is 5.32 Å². The summed E-state index contributed by atoms with van der Waals surface area (Å²) in [6.45, 7) is 3.26. The molecule has 1 aromatic heterocycles. The first kappa shape index (κ1) is 14.3. The average Bonchev–Trinajstić information content (AvgIpc) is 2.97. The standard InChI is InChI=1S/C15H19N3O2/c1-12(11-18-9-5-8-17-18)10-16-15(20)14(19)13-6-3-2-4-7-13/h2-9,12,14,19H,10-11H2,1H3,(H,16,20). The fourth-order valence-corrected chi connectivity index (χ4v) is 1.95. The van der Waals surface area contributed by atoms with Crippen molar-refractivity contribution in [3.8, 4) is 0 Å². The lowest BCUT2D eigenvalue weighted by Gasteiger charge is -2.15. The molecule has 0 saturated heterocycles. The third kappa shape index (κ3) is 3.93. The molecule has 0 aliphatic carbocycles. The van der Waals surface area contributed by atoms with Gasteiger partial charge >= 0.3 is 0 Å². The van der Waals surface area contributed by atoms with E-state index in [9.17, 15) is 9.90 Å². The Morgan fingerprint density at radius 3 is 2.75 bits per heavy atom. The number of carbonyl (C=O) groups is 1. The number of nitrogens with one attached hydrogen (secondary N) is 1. The molecule has 2 unspecified atom stereocenters. The maximum atomic E-state index is 11.9. The van der Waals surface area contributed by atoms with Crippen molar-refractivity contribution in [3.05, 3.63) is 54.4 Å². The van der Waals surface area contributed by atoms with Gasteiger partial charge in [-0.05, 0) is 17.5 Å². The first-order chi connectivity index (χ1) is 9.66. The molecule has 2 N–H and O–H groups in total. The van der Waals surface area contributed by atoms with Crippen LogP contribution in [0.1, 0.15) is 18.6 Å². The van der Waals surface area contributed by atoms with E-state index in [1.807, 2.05) is 29.9 Å². The lowest BCUT2D eigenvalue weighted by atomic mass is 10.1. The second kappa shape index (κ2) is 6.86. The molecule has 0 radical (unpaired) electrons. The van der Waals surface area contributed by atoms with Gasteiger partial charge in [-0.1, -0.05) is 37.3 Å². The monoisotopic (exact) mass is 273 g/mol. The number of hydrogen-bond donors (Lipinski definition) is 2. The summed E-state index contributed by atoms with van der Waals surface area (Å²) < 4.78 is 1.82. The normalized spacial score (nSPS) is 13.7. The van der Waals surface area contributed by atoms with Gasteiger partial charge in [0.05, 0.1) is 0 Å². The van der Waals surface area contributed by atoms with Crippen LogP contribution in [0.25, 0.3) is 0 Å². The molecule has 0 spiro atoms. The van der Waals surface area contributed by atoms with E-state index in [4.69, 9.17) is 0 Å². The minimum atomic E-state index is -1.12. The summed E-state index contributed by atoms with van der Waals surface area (Å²) in [5.74, 6) is -0.134. The van der Waals surface area contributed by atoms with Crippen molar-refractivity contribution in [1.29, 1.82) is 0 Å². The van der Waals surface area contributed by atoms with Gasteiger partial charge in [0.15, 0.2) is 6.10 Å². The van der Waals surface area contributed by atoms with Gasteiger partial charge in [-0.3, -0.25) is 9.48 Å². The van der Waals surface area contributed by atoms with Gasteiger partial charge < -0.3 is 10.4 Å². The number of carbonyl (C=O) groups excluding carboxylic acids is 1. The Labute approximate surface area is 118 Å². The molecular formula is C15H19N3O2. The zero-order chi connectivity index (χ0) is 14.4. The highest BCUT2D eigenvalue weighted by molar-refractivity contribution is 5.81. The predicted molar refractivity (Wildman–Crippen MR) is 75.8 cm³/mol. The second-order valence-corrected chi connectivity index (χ2v) is 4.89. The van der Waals surface area contributed by atoms with E-state index >= 15 is 0 Å². The third-order valence-electron chi connectivity index (χ3n) is 3.05. The molecule has 2 aromatic rings. The highest BCUT2D eigenvalue weighted by atomic mass is 16.3. The summed E-state index contributed by atoms with van der Waals surface area (Å²) in [5, 5.41) is 16.8. The van der Waals surface area contributed by atoms with E-state index in [1.165, 1.54) is 0 Å². The fraction of sp³-hybridized carbons (Fsp3) is 0.333. The smallest absolute Gasteiger partial charge is 0.253 e. The van der Waals surface area contributed by atoms with Crippen molar-refractivity contribution in [1.82, 2.24) is 15.1 Å². The van der Waals surface area contributed by atoms with Crippen LogP contribution in [-0.4, -0.2) is 27.3 Å². The van der Waals surface area contributed by atoms with Gasteiger partial charge in [0.2, 0.25) is 0 Å². The summed E-state index contributed by atoms with van der Waals surface area (Å²) >= 11 is 0. The molecule has 2 atom stereocenters. The molecule has 0 saturated carbocycles. The third-order valence-corrected chi connectivity index (χ3v) is 3.05. The first-order valence-corrected chi connectivity index (χ1v) is 6.65. The van der Waals surface area contributed by atoms with E-state index < -0.39 is 6.10 Å². The van der Waals surface area contributed by atoms with Crippen LogP contribution in [0.4, 0.5) is 0 Å². The van der Waals surface area contributed by atoms with Crippen molar-refractivity contribution >= 4 is 5.91 Å². The maximum absolute atomic E-state index is 11.9. The summed E-state index contributed by atoms with van der Waals surface area (Å²) in [6, 6.07) is 10.8. The summed E-state index contributed by atoms with van der Waals surface area (Å²) in [4.78, 5) is 11.9. The van der Waals surface area contributed by atoms with Gasteiger partial charge in [-0.15, -0.1) is 0 Å². The van der Waals surface area contributed by atoms with E-state index in [2.05, 4.69) is 10.4 Å². The zero-order valence-electron chi connectivity index (χ0n) is 11.4. The molecule has 1 aromatic carbocycles. The molecule has 1 heterocycles. The van der Waals surface area contributed by atoms with Crippen LogP contribution in [0.2, 0.25) is 0 Å². The Morgan fingerprint density at radius 1 is 1.35 bits per heavy atom. The van der Waals surface area contributed by atoms with Crippen LogP contribution in [0.3, 0.4) is 0 Å². The van der Waals surface area contributed by atoms with Gasteiger partial charge in [-0.25, -0.2) is 0 Å². The fourth-order valence-electron chi connectivity index (χ4n) is 1.95. The molecule has 20 heavy (non-hydrogen) atoms. The van der Waals surface area contributed by atoms with E-state index in [-0.39, 0.29) is 11.8 Å². The topological polar surface area (TPSA) is 67.2 Å². The van der Waals surface area contributed by atoms with Crippen LogP contribution in [0.15, 0.2) is 48.8 Å². The minimum absolute atomic E-state index is 0.238. The van der Waals surface area contributed by atoms with Gasteiger partial charge in [-0.2, -0.15) is 5.10 Å². The molecular weight excluding hydrogens is 254 g/mol. The van der Waals surface area contributed by atoms with Crippen LogP contribution >= 0.6 is 0 Å². The van der Waals surface area contributed by atoms with Gasteiger partial charge in [0.25, 0.3) is 5.91 Å². The first-order valence-electron chi connectivity index (χ1n) is 6.65. The lowest BCUT2D eigenvalue weighted by Crippen LogP contribution is -2.33. The molecule has 0 aliphatic rings. The van der Waals surface area contributed by atoms with E-state index in [0.29, 0.717) is 12.1 Å². The molecule has 2 rings (SSSR count).